The second kappa shape index (κ2) is 7.04. The number of rotatable bonds is 6. The fourth-order valence-electron chi connectivity index (χ4n) is 2.17. The molecular formula is C16H18FNO3. The number of likely N-dealkylation sites (N-methyl/N-ethyl adjacent to an activating group) is 1. The van der Waals surface area contributed by atoms with E-state index >= 15 is 0 Å². The Morgan fingerprint density at radius 2 is 2.19 bits per heavy atom. The van der Waals surface area contributed by atoms with Gasteiger partial charge in [-0.15, -0.1) is 0 Å². The molecule has 1 heterocycles. The Hall–Kier alpha value is -2.14. The summed E-state index contributed by atoms with van der Waals surface area (Å²) in [4.78, 5) is 11.4. The molecule has 0 amide bonds. The van der Waals surface area contributed by atoms with Gasteiger partial charge in [0.25, 0.3) is 0 Å². The van der Waals surface area contributed by atoms with Crippen molar-refractivity contribution in [3.05, 3.63) is 59.3 Å². The Bertz CT molecular complexity index is 609. The zero-order chi connectivity index (χ0) is 15.2. The highest BCUT2D eigenvalue weighted by atomic mass is 19.1. The van der Waals surface area contributed by atoms with E-state index in [9.17, 15) is 9.18 Å². The molecule has 0 bridgehead atoms. The van der Waals surface area contributed by atoms with Crippen LogP contribution in [-0.4, -0.2) is 19.6 Å². The summed E-state index contributed by atoms with van der Waals surface area (Å²) in [6.45, 7) is 2.71. The maximum Gasteiger partial charge on any atom is 0.373 e. The van der Waals surface area contributed by atoms with E-state index in [4.69, 9.17) is 4.42 Å². The molecule has 5 heteroatoms. The van der Waals surface area contributed by atoms with Gasteiger partial charge in [0.15, 0.2) is 0 Å². The first kappa shape index (κ1) is 15.3. The van der Waals surface area contributed by atoms with Gasteiger partial charge in [-0.05, 0) is 42.8 Å². The molecule has 112 valence electrons. The van der Waals surface area contributed by atoms with E-state index in [0.717, 1.165) is 12.1 Å². The zero-order valence-electron chi connectivity index (χ0n) is 12.1. The van der Waals surface area contributed by atoms with Crippen molar-refractivity contribution in [3.8, 4) is 0 Å². The van der Waals surface area contributed by atoms with Gasteiger partial charge in [0.1, 0.15) is 11.6 Å². The summed E-state index contributed by atoms with van der Waals surface area (Å²) in [7, 11) is 1.30. The van der Waals surface area contributed by atoms with E-state index in [2.05, 4.69) is 10.1 Å². The Labute approximate surface area is 122 Å². The Balaban J connectivity index is 2.18. The van der Waals surface area contributed by atoms with Gasteiger partial charge in [-0.3, -0.25) is 0 Å². The number of carbonyl (C=O) groups is 1. The molecule has 1 aromatic heterocycles. The second-order valence-electron chi connectivity index (χ2n) is 4.64. The zero-order valence-corrected chi connectivity index (χ0v) is 12.1. The van der Waals surface area contributed by atoms with Crippen molar-refractivity contribution < 1.29 is 18.3 Å². The highest BCUT2D eigenvalue weighted by Gasteiger charge is 2.18. The molecule has 1 N–H and O–H groups in total. The van der Waals surface area contributed by atoms with Gasteiger partial charge < -0.3 is 14.5 Å². The molecular weight excluding hydrogens is 273 g/mol. The monoisotopic (exact) mass is 291 g/mol. The number of methoxy groups -OCH3 is 1. The molecule has 0 saturated heterocycles. The van der Waals surface area contributed by atoms with Crippen LogP contribution in [0.1, 0.15) is 34.8 Å². The van der Waals surface area contributed by atoms with Gasteiger partial charge >= 0.3 is 5.97 Å². The van der Waals surface area contributed by atoms with Crippen molar-refractivity contribution >= 4 is 5.97 Å². The summed E-state index contributed by atoms with van der Waals surface area (Å²) in [5.41, 5.74) is 0.858. The lowest BCUT2D eigenvalue weighted by Gasteiger charge is -2.15. The lowest BCUT2D eigenvalue weighted by molar-refractivity contribution is 0.0562. The normalized spacial score (nSPS) is 12.1. The van der Waals surface area contributed by atoms with Crippen LogP contribution < -0.4 is 5.32 Å². The fraction of sp³-hybridized carbons (Fsp3) is 0.312. The van der Waals surface area contributed by atoms with Crippen LogP contribution in [-0.2, 0) is 11.2 Å². The maximum absolute atomic E-state index is 13.3. The Morgan fingerprint density at radius 1 is 1.38 bits per heavy atom. The van der Waals surface area contributed by atoms with Crippen LogP contribution in [0, 0.1) is 5.82 Å². The number of ether oxygens (including phenoxy) is 1. The molecule has 4 nitrogen and oxygen atoms in total. The first-order chi connectivity index (χ1) is 10.1. The molecule has 2 rings (SSSR count). The van der Waals surface area contributed by atoms with Crippen LogP contribution in [0.2, 0.25) is 0 Å². The molecule has 0 fully saturated rings. The van der Waals surface area contributed by atoms with Crippen molar-refractivity contribution in [2.24, 2.45) is 0 Å². The molecule has 0 saturated carbocycles. The van der Waals surface area contributed by atoms with E-state index in [0.29, 0.717) is 12.2 Å². The first-order valence-electron chi connectivity index (χ1n) is 6.80. The summed E-state index contributed by atoms with van der Waals surface area (Å²) in [6.07, 6.45) is 0.569. The number of esters is 1. The van der Waals surface area contributed by atoms with Crippen molar-refractivity contribution in [1.82, 2.24) is 5.32 Å². The largest absolute Gasteiger partial charge is 0.463 e. The predicted octanol–water partition coefficient (Wildman–Crippen LogP) is 3.10. The maximum atomic E-state index is 13.3. The Morgan fingerprint density at radius 3 is 2.86 bits per heavy atom. The second-order valence-corrected chi connectivity index (χ2v) is 4.64. The van der Waals surface area contributed by atoms with Crippen LogP contribution in [0.25, 0.3) is 0 Å². The van der Waals surface area contributed by atoms with Gasteiger partial charge in [-0.2, -0.15) is 0 Å². The number of furan rings is 1. The molecule has 0 aliphatic carbocycles. The molecule has 1 atom stereocenters. The van der Waals surface area contributed by atoms with E-state index in [1.165, 1.54) is 19.2 Å². The van der Waals surface area contributed by atoms with Gasteiger partial charge in [0.05, 0.1) is 13.2 Å². The molecule has 0 spiro atoms. The van der Waals surface area contributed by atoms with E-state index < -0.39 is 5.97 Å². The van der Waals surface area contributed by atoms with Gasteiger partial charge in [-0.25, -0.2) is 9.18 Å². The third-order valence-corrected chi connectivity index (χ3v) is 3.14. The third-order valence-electron chi connectivity index (χ3n) is 3.14. The number of hydrogen-bond acceptors (Lipinski definition) is 4. The number of halogens is 1. The third kappa shape index (κ3) is 3.92. The molecule has 0 aliphatic heterocycles. The highest BCUT2D eigenvalue weighted by molar-refractivity contribution is 5.86. The van der Waals surface area contributed by atoms with Crippen molar-refractivity contribution in [2.45, 2.75) is 19.4 Å². The SMILES string of the molecule is CCNC(Cc1cccc(F)c1)c1ccc(C(=O)OC)o1. The number of carbonyl (C=O) groups excluding carboxylic acids is 1. The minimum atomic E-state index is -0.512. The average Bonchev–Trinajstić information content (AvgIpc) is 2.96. The topological polar surface area (TPSA) is 51.5 Å². The van der Waals surface area contributed by atoms with Gasteiger partial charge in [0, 0.05) is 0 Å². The summed E-state index contributed by atoms with van der Waals surface area (Å²) < 4.78 is 23.4. The molecule has 1 unspecified atom stereocenters. The lowest BCUT2D eigenvalue weighted by Crippen LogP contribution is -2.22. The molecule has 21 heavy (non-hydrogen) atoms. The average molecular weight is 291 g/mol. The summed E-state index contributed by atoms with van der Waals surface area (Å²) in [5, 5.41) is 3.27. The molecule has 0 aliphatic rings. The number of hydrogen-bond donors (Lipinski definition) is 1. The fourth-order valence-corrected chi connectivity index (χ4v) is 2.17. The quantitative estimate of drug-likeness (QED) is 0.831. The smallest absolute Gasteiger partial charge is 0.373 e. The standard InChI is InChI=1S/C16H18FNO3/c1-3-18-13(10-11-5-4-6-12(17)9-11)14-7-8-15(21-14)16(19)20-2/h4-9,13,18H,3,10H2,1-2H3. The highest BCUT2D eigenvalue weighted by Crippen LogP contribution is 2.22. The number of benzene rings is 1. The first-order valence-corrected chi connectivity index (χ1v) is 6.80. The van der Waals surface area contributed by atoms with Crippen LogP contribution in [0.3, 0.4) is 0 Å². The van der Waals surface area contributed by atoms with Crippen molar-refractivity contribution in [2.75, 3.05) is 13.7 Å². The molecule has 0 radical (unpaired) electrons. The van der Waals surface area contributed by atoms with Crippen LogP contribution in [0.4, 0.5) is 4.39 Å². The number of nitrogens with one attached hydrogen (secondary N) is 1. The predicted molar refractivity (Wildman–Crippen MR) is 76.6 cm³/mol. The van der Waals surface area contributed by atoms with Crippen molar-refractivity contribution in [3.63, 3.8) is 0 Å². The van der Waals surface area contributed by atoms with E-state index in [1.807, 2.05) is 13.0 Å². The minimum absolute atomic E-state index is 0.129. The van der Waals surface area contributed by atoms with Crippen LogP contribution in [0.5, 0.6) is 0 Å². The minimum Gasteiger partial charge on any atom is -0.463 e. The van der Waals surface area contributed by atoms with Gasteiger partial charge in [-0.1, -0.05) is 19.1 Å². The van der Waals surface area contributed by atoms with Crippen molar-refractivity contribution in [1.29, 1.82) is 0 Å². The lowest BCUT2D eigenvalue weighted by atomic mass is 10.0. The summed E-state index contributed by atoms with van der Waals surface area (Å²) in [5.74, 6) is 0.0100. The molecule has 1 aromatic carbocycles. The van der Waals surface area contributed by atoms with Crippen LogP contribution in [0.15, 0.2) is 40.8 Å². The summed E-state index contributed by atoms with van der Waals surface area (Å²) >= 11 is 0. The van der Waals surface area contributed by atoms with E-state index in [1.54, 1.807) is 18.2 Å². The van der Waals surface area contributed by atoms with Gasteiger partial charge in [0.2, 0.25) is 5.76 Å². The summed E-state index contributed by atoms with van der Waals surface area (Å²) in [6, 6.07) is 9.63. The van der Waals surface area contributed by atoms with Crippen LogP contribution >= 0.6 is 0 Å². The Kier molecular flexibility index (Phi) is 5.11. The van der Waals surface area contributed by atoms with E-state index in [-0.39, 0.29) is 17.6 Å². The molecule has 2 aromatic rings.